The van der Waals surface area contributed by atoms with Crippen LogP contribution in [0.3, 0.4) is 0 Å². The highest BCUT2D eigenvalue weighted by Gasteiger charge is 2.26. The van der Waals surface area contributed by atoms with Crippen LogP contribution in [0.1, 0.15) is 11.7 Å². The molecule has 0 spiro atoms. The van der Waals surface area contributed by atoms with Crippen molar-refractivity contribution in [2.45, 2.75) is 12.2 Å². The molecule has 3 rings (SSSR count). The molecule has 1 saturated heterocycles. The van der Waals surface area contributed by atoms with E-state index in [1.165, 1.54) is 5.39 Å². The molecule has 17 heavy (non-hydrogen) atoms. The second-order valence-electron chi connectivity index (χ2n) is 4.12. The van der Waals surface area contributed by atoms with Crippen molar-refractivity contribution in [3.8, 4) is 0 Å². The third kappa shape index (κ3) is 2.09. The fraction of sp³-hybridized carbons (Fsp3) is 0.385. The molecule has 0 bridgehead atoms. The molecule has 2 aromatic rings. The monoisotopic (exact) mass is 250 g/mol. The van der Waals surface area contributed by atoms with Gasteiger partial charge in [0.25, 0.3) is 0 Å². The number of aliphatic hydroxyl groups excluding tert-OH is 1. The van der Waals surface area contributed by atoms with E-state index >= 15 is 0 Å². The van der Waals surface area contributed by atoms with E-state index in [9.17, 15) is 5.11 Å². The summed E-state index contributed by atoms with van der Waals surface area (Å²) in [6, 6.07) is 8.05. The Morgan fingerprint density at radius 2 is 2.24 bits per heavy atom. The number of hydrogen-bond donors (Lipinski definition) is 1. The van der Waals surface area contributed by atoms with Crippen LogP contribution in [0.5, 0.6) is 0 Å². The maximum absolute atomic E-state index is 10.4. The lowest BCUT2D eigenvalue weighted by Crippen LogP contribution is -2.33. The molecule has 2 heterocycles. The van der Waals surface area contributed by atoms with E-state index in [0.29, 0.717) is 19.8 Å². The summed E-state index contributed by atoms with van der Waals surface area (Å²) < 4.78 is 12.0. The van der Waals surface area contributed by atoms with Crippen molar-refractivity contribution in [2.24, 2.45) is 0 Å². The van der Waals surface area contributed by atoms with Gasteiger partial charge in [-0.05, 0) is 16.8 Å². The molecule has 2 atom stereocenters. The maximum Gasteiger partial charge on any atom is 0.111 e. The van der Waals surface area contributed by atoms with Gasteiger partial charge in [0.2, 0.25) is 0 Å². The molecule has 0 aliphatic carbocycles. The summed E-state index contributed by atoms with van der Waals surface area (Å²) in [5, 5.41) is 13.6. The Hall–Kier alpha value is -0.940. The Balaban J connectivity index is 1.94. The highest BCUT2D eigenvalue weighted by Crippen LogP contribution is 2.31. The van der Waals surface area contributed by atoms with Gasteiger partial charge in [0.05, 0.1) is 19.8 Å². The predicted molar refractivity (Wildman–Crippen MR) is 67.3 cm³/mol. The first-order valence-corrected chi connectivity index (χ1v) is 6.58. The van der Waals surface area contributed by atoms with Gasteiger partial charge < -0.3 is 14.6 Å². The Labute approximate surface area is 104 Å². The molecule has 2 unspecified atom stereocenters. The van der Waals surface area contributed by atoms with Crippen LogP contribution in [-0.2, 0) is 9.47 Å². The zero-order chi connectivity index (χ0) is 11.7. The molecule has 1 fully saturated rings. The smallest absolute Gasteiger partial charge is 0.111 e. The number of fused-ring (bicyclic) bond motifs is 1. The molecule has 0 amide bonds. The zero-order valence-electron chi connectivity index (χ0n) is 9.33. The number of benzene rings is 1. The van der Waals surface area contributed by atoms with Gasteiger partial charge in [0.1, 0.15) is 12.2 Å². The number of rotatable bonds is 2. The van der Waals surface area contributed by atoms with E-state index in [2.05, 4.69) is 12.1 Å². The molecule has 0 saturated carbocycles. The quantitative estimate of drug-likeness (QED) is 0.889. The number of aliphatic hydroxyl groups is 1. The van der Waals surface area contributed by atoms with Gasteiger partial charge in [0, 0.05) is 10.3 Å². The lowest BCUT2D eigenvalue weighted by atomic mass is 10.0. The van der Waals surface area contributed by atoms with Crippen molar-refractivity contribution in [3.05, 3.63) is 35.2 Å². The Morgan fingerprint density at radius 1 is 1.29 bits per heavy atom. The van der Waals surface area contributed by atoms with Crippen LogP contribution in [0.4, 0.5) is 0 Å². The molecule has 1 N–H and O–H groups in total. The van der Waals surface area contributed by atoms with Crippen molar-refractivity contribution < 1.29 is 14.6 Å². The highest BCUT2D eigenvalue weighted by molar-refractivity contribution is 7.17. The largest absolute Gasteiger partial charge is 0.386 e. The van der Waals surface area contributed by atoms with Gasteiger partial charge in [-0.3, -0.25) is 0 Å². The van der Waals surface area contributed by atoms with E-state index in [1.807, 2.05) is 17.5 Å². The summed E-state index contributed by atoms with van der Waals surface area (Å²) in [5.41, 5.74) is 0.938. The van der Waals surface area contributed by atoms with Gasteiger partial charge >= 0.3 is 0 Å². The molecular formula is C13H14O3S. The summed E-state index contributed by atoms with van der Waals surface area (Å²) >= 11 is 1.65. The lowest BCUT2D eigenvalue weighted by molar-refractivity contribution is -0.133. The van der Waals surface area contributed by atoms with Gasteiger partial charge in [-0.1, -0.05) is 18.2 Å². The summed E-state index contributed by atoms with van der Waals surface area (Å²) in [7, 11) is 0. The number of ether oxygens (including phenoxy) is 2. The minimum Gasteiger partial charge on any atom is -0.386 e. The molecule has 90 valence electrons. The van der Waals surface area contributed by atoms with E-state index < -0.39 is 6.10 Å². The Bertz CT molecular complexity index is 502. The SMILES string of the molecule is OC(c1cccc2ccsc12)C1COCCO1. The van der Waals surface area contributed by atoms with Crippen molar-refractivity contribution >= 4 is 21.4 Å². The average Bonchev–Trinajstić information content (AvgIpc) is 2.87. The van der Waals surface area contributed by atoms with Crippen molar-refractivity contribution in [1.82, 2.24) is 0 Å². The van der Waals surface area contributed by atoms with Gasteiger partial charge in [-0.25, -0.2) is 0 Å². The standard InChI is InChI=1S/C13H14O3S/c14-12(11-8-15-5-6-16-11)10-3-1-2-9-4-7-17-13(9)10/h1-4,7,11-12,14H,5-6,8H2. The van der Waals surface area contributed by atoms with Crippen LogP contribution in [0.25, 0.3) is 10.1 Å². The topological polar surface area (TPSA) is 38.7 Å². The first kappa shape index (κ1) is 11.2. The van der Waals surface area contributed by atoms with Crippen LogP contribution in [0, 0.1) is 0 Å². The Kier molecular flexibility index (Phi) is 3.11. The fourth-order valence-corrected chi connectivity index (χ4v) is 3.09. The molecule has 1 aromatic heterocycles. The minimum atomic E-state index is -0.613. The average molecular weight is 250 g/mol. The van der Waals surface area contributed by atoms with Crippen molar-refractivity contribution in [2.75, 3.05) is 19.8 Å². The fourth-order valence-electron chi connectivity index (χ4n) is 2.14. The molecule has 3 nitrogen and oxygen atoms in total. The third-order valence-corrected chi connectivity index (χ3v) is 4.00. The maximum atomic E-state index is 10.4. The van der Waals surface area contributed by atoms with Crippen LogP contribution < -0.4 is 0 Å². The van der Waals surface area contributed by atoms with E-state index in [4.69, 9.17) is 9.47 Å². The number of thiophene rings is 1. The summed E-state index contributed by atoms with van der Waals surface area (Å²) in [4.78, 5) is 0. The van der Waals surface area contributed by atoms with E-state index in [0.717, 1.165) is 10.3 Å². The minimum absolute atomic E-state index is 0.253. The van der Waals surface area contributed by atoms with Crippen LogP contribution >= 0.6 is 11.3 Å². The van der Waals surface area contributed by atoms with Gasteiger partial charge in [0.15, 0.2) is 0 Å². The molecule has 1 aliphatic heterocycles. The highest BCUT2D eigenvalue weighted by atomic mass is 32.1. The summed E-state index contributed by atoms with van der Waals surface area (Å²) in [6.45, 7) is 1.64. The van der Waals surface area contributed by atoms with Crippen LogP contribution in [0.2, 0.25) is 0 Å². The molecule has 1 aromatic carbocycles. The lowest BCUT2D eigenvalue weighted by Gasteiger charge is -2.27. The first-order chi connectivity index (χ1) is 8.36. The normalized spacial score (nSPS) is 22.8. The van der Waals surface area contributed by atoms with Crippen LogP contribution in [-0.4, -0.2) is 31.0 Å². The van der Waals surface area contributed by atoms with Crippen molar-refractivity contribution in [1.29, 1.82) is 0 Å². The predicted octanol–water partition coefficient (Wildman–Crippen LogP) is 2.35. The van der Waals surface area contributed by atoms with Gasteiger partial charge in [-0.15, -0.1) is 11.3 Å². The van der Waals surface area contributed by atoms with E-state index in [1.54, 1.807) is 11.3 Å². The van der Waals surface area contributed by atoms with E-state index in [-0.39, 0.29) is 6.10 Å². The molecule has 4 heteroatoms. The zero-order valence-corrected chi connectivity index (χ0v) is 10.2. The summed E-state index contributed by atoms with van der Waals surface area (Å²) in [5.74, 6) is 0. The molecular weight excluding hydrogens is 236 g/mol. The number of hydrogen-bond acceptors (Lipinski definition) is 4. The van der Waals surface area contributed by atoms with Gasteiger partial charge in [-0.2, -0.15) is 0 Å². The van der Waals surface area contributed by atoms with Crippen LogP contribution in [0.15, 0.2) is 29.6 Å². The Morgan fingerprint density at radius 3 is 3.06 bits per heavy atom. The first-order valence-electron chi connectivity index (χ1n) is 5.70. The van der Waals surface area contributed by atoms with Crippen molar-refractivity contribution in [3.63, 3.8) is 0 Å². The third-order valence-electron chi connectivity index (χ3n) is 3.02. The summed E-state index contributed by atoms with van der Waals surface area (Å²) in [6.07, 6.45) is -0.867. The molecule has 0 radical (unpaired) electrons. The second kappa shape index (κ2) is 4.74. The molecule has 1 aliphatic rings. The second-order valence-corrected chi connectivity index (χ2v) is 5.03.